The van der Waals surface area contributed by atoms with Gasteiger partial charge in [0.2, 0.25) is 5.91 Å². The second-order valence-corrected chi connectivity index (χ2v) is 20.0. The number of hydrogen-bond donors (Lipinski definition) is 6. The number of aliphatic carboxylic acids is 1. The Balaban J connectivity index is 1.23. The van der Waals surface area contributed by atoms with Crippen LogP contribution in [-0.4, -0.2) is 87.4 Å². The fourth-order valence-corrected chi connectivity index (χ4v) is 13.2. The van der Waals surface area contributed by atoms with Gasteiger partial charge in [0.25, 0.3) is 0 Å². The molecule has 296 valence electrons. The second kappa shape index (κ2) is 14.2. The van der Waals surface area contributed by atoms with Crippen LogP contribution in [0.5, 0.6) is 0 Å². The van der Waals surface area contributed by atoms with Crippen LogP contribution in [0.25, 0.3) is 0 Å². The second-order valence-electron chi connectivity index (χ2n) is 20.0. The number of aliphatic hydroxyl groups excluding tert-OH is 4. The third-order valence-corrected chi connectivity index (χ3v) is 16.5. The average Bonchev–Trinajstić information content (AvgIpc) is 3.07. The summed E-state index contributed by atoms with van der Waals surface area (Å²) >= 11 is 0. The van der Waals surface area contributed by atoms with E-state index in [9.17, 15) is 30.0 Å². The molecule has 6 N–H and O–H groups in total. The number of ether oxygens (including phenoxy) is 2. The number of carboxylic acids is 1. The summed E-state index contributed by atoms with van der Waals surface area (Å²) in [5.41, 5.74) is 1.15. The zero-order valence-corrected chi connectivity index (χ0v) is 33.0. The summed E-state index contributed by atoms with van der Waals surface area (Å²) in [4.78, 5) is 25.3. The average molecular weight is 732 g/mol. The summed E-state index contributed by atoms with van der Waals surface area (Å²) in [7, 11) is 0. The molecule has 13 atom stereocenters. The zero-order valence-electron chi connectivity index (χ0n) is 33.0. The Labute approximate surface area is 311 Å². The Morgan fingerprint density at radius 1 is 0.865 bits per heavy atom. The van der Waals surface area contributed by atoms with E-state index in [-0.39, 0.29) is 51.4 Å². The molecule has 5 fully saturated rings. The molecule has 1 saturated heterocycles. The topological polar surface area (TPSA) is 166 Å². The minimum atomic E-state index is -1.46. The maximum absolute atomic E-state index is 14.3. The fraction of sp³-hybridized carbons (Fsp3) is 0.905. The van der Waals surface area contributed by atoms with Crippen molar-refractivity contribution in [2.24, 2.45) is 50.2 Å². The lowest BCUT2D eigenvalue weighted by atomic mass is 9.33. The number of carbonyl (C=O) groups is 2. The summed E-state index contributed by atoms with van der Waals surface area (Å²) in [6.45, 7) is 17.0. The molecule has 6 aliphatic rings. The molecule has 0 spiro atoms. The largest absolute Gasteiger partial charge is 0.481 e. The molecular weight excluding hydrogens is 662 g/mol. The number of carboxylic acid groups (broad SMARTS) is 1. The predicted molar refractivity (Wildman–Crippen MR) is 197 cm³/mol. The molecule has 52 heavy (non-hydrogen) atoms. The molecule has 10 nitrogen and oxygen atoms in total. The maximum Gasteiger partial charge on any atom is 0.303 e. The monoisotopic (exact) mass is 731 g/mol. The molecule has 0 aromatic heterocycles. The molecule has 1 amide bonds. The standard InChI is InChI=1S/C42H69NO9/c1-37(2)18-20-42(36(50)43-22-10-8-9-11-31(45)46)21-19-40(6)25(26(42)23-37)12-13-29-39(5)16-15-30(38(3,4)28(39)14-17-41(29,40)7)52-35-34(49)33(48)32(47)27(24-44)51-35/h12,26-30,32-35,44,47-49H,8-11,13-24H2,1-7H3,(H,43,50)(H,45,46)/t26-,27+,28-,29+,30-,32+,33-,34-,35+,39-,40+,41+,42-/m0/s1. The number of aliphatic hydroxyl groups is 4. The number of amides is 1. The van der Waals surface area contributed by atoms with Crippen LogP contribution in [0, 0.1) is 50.2 Å². The van der Waals surface area contributed by atoms with Crippen molar-refractivity contribution in [1.82, 2.24) is 5.32 Å². The lowest BCUT2D eigenvalue weighted by Gasteiger charge is -2.71. The van der Waals surface area contributed by atoms with E-state index in [1.165, 1.54) is 5.57 Å². The van der Waals surface area contributed by atoms with E-state index in [0.717, 1.165) is 77.0 Å². The van der Waals surface area contributed by atoms with Crippen LogP contribution in [0.1, 0.15) is 138 Å². The van der Waals surface area contributed by atoms with Crippen LogP contribution in [-0.2, 0) is 19.1 Å². The normalized spacial score (nSPS) is 46.4. The van der Waals surface area contributed by atoms with Crippen LogP contribution in [0.15, 0.2) is 11.6 Å². The van der Waals surface area contributed by atoms with Crippen molar-refractivity contribution in [1.29, 1.82) is 0 Å². The zero-order chi connectivity index (χ0) is 38.1. The molecule has 0 aromatic rings. The Morgan fingerprint density at radius 2 is 1.58 bits per heavy atom. The van der Waals surface area contributed by atoms with Crippen LogP contribution < -0.4 is 5.32 Å². The quantitative estimate of drug-likeness (QED) is 0.0935. The van der Waals surface area contributed by atoms with Gasteiger partial charge in [-0.15, -0.1) is 0 Å². The SMILES string of the molecule is CC1(C)CC[C@]2(C(=O)NCCCCCC(=O)O)CC[C@]3(C)C(=CC[C@@H]4[C@@]5(C)CC[C@H](O[C@H]6O[C@H](CO)[C@@H](O)[C@H](O)[C@@H]6O)C(C)(C)[C@@H]5CC[C@]43C)[C@@H]2C1. The van der Waals surface area contributed by atoms with Crippen molar-refractivity contribution < 1.29 is 44.6 Å². The van der Waals surface area contributed by atoms with Crippen LogP contribution in [0.2, 0.25) is 0 Å². The summed E-state index contributed by atoms with van der Waals surface area (Å²) in [5.74, 6) is 0.472. The first-order valence-corrected chi connectivity index (χ1v) is 20.4. The van der Waals surface area contributed by atoms with Gasteiger partial charge in [0.1, 0.15) is 24.4 Å². The first kappa shape index (κ1) is 40.1. The molecule has 1 heterocycles. The van der Waals surface area contributed by atoms with Gasteiger partial charge in [-0.1, -0.05) is 66.5 Å². The smallest absolute Gasteiger partial charge is 0.303 e. The lowest BCUT2D eigenvalue weighted by molar-refractivity contribution is -0.330. The molecule has 0 aromatic carbocycles. The minimum absolute atomic E-state index is 0.0174. The third kappa shape index (κ3) is 6.41. The highest BCUT2D eigenvalue weighted by Crippen LogP contribution is 2.76. The van der Waals surface area contributed by atoms with Crippen molar-refractivity contribution in [2.75, 3.05) is 13.2 Å². The number of nitrogens with one attached hydrogen (secondary N) is 1. The molecule has 5 aliphatic carbocycles. The number of unbranched alkanes of at least 4 members (excludes halogenated alkanes) is 2. The molecule has 10 heteroatoms. The number of hydrogen-bond acceptors (Lipinski definition) is 8. The van der Waals surface area contributed by atoms with Crippen molar-refractivity contribution in [3.05, 3.63) is 11.6 Å². The van der Waals surface area contributed by atoms with Gasteiger partial charge in [0, 0.05) is 13.0 Å². The van der Waals surface area contributed by atoms with Gasteiger partial charge in [-0.2, -0.15) is 0 Å². The first-order chi connectivity index (χ1) is 24.3. The molecule has 0 bridgehead atoms. The van der Waals surface area contributed by atoms with Gasteiger partial charge in [-0.3, -0.25) is 9.59 Å². The van der Waals surface area contributed by atoms with Gasteiger partial charge in [-0.05, 0) is 122 Å². The Bertz CT molecular complexity index is 1380. The van der Waals surface area contributed by atoms with E-state index in [4.69, 9.17) is 14.6 Å². The van der Waals surface area contributed by atoms with E-state index >= 15 is 0 Å². The van der Waals surface area contributed by atoms with Gasteiger partial charge in [-0.25, -0.2) is 0 Å². The summed E-state index contributed by atoms with van der Waals surface area (Å²) in [6, 6.07) is 0. The highest BCUT2D eigenvalue weighted by molar-refractivity contribution is 5.84. The van der Waals surface area contributed by atoms with E-state index in [1.54, 1.807) is 0 Å². The van der Waals surface area contributed by atoms with Crippen LogP contribution in [0.3, 0.4) is 0 Å². The van der Waals surface area contributed by atoms with Gasteiger partial charge >= 0.3 is 5.97 Å². The van der Waals surface area contributed by atoms with Crippen molar-refractivity contribution in [3.63, 3.8) is 0 Å². The molecule has 6 rings (SSSR count). The van der Waals surface area contributed by atoms with Crippen molar-refractivity contribution in [3.8, 4) is 0 Å². The molecule has 1 aliphatic heterocycles. The van der Waals surface area contributed by atoms with E-state index < -0.39 is 48.7 Å². The maximum atomic E-state index is 14.3. The fourth-order valence-electron chi connectivity index (χ4n) is 13.2. The summed E-state index contributed by atoms with van der Waals surface area (Å²) in [5, 5.41) is 53.7. The number of carbonyl (C=O) groups excluding carboxylic acids is 1. The van der Waals surface area contributed by atoms with Crippen molar-refractivity contribution >= 4 is 11.9 Å². The van der Waals surface area contributed by atoms with E-state index in [1.807, 2.05) is 0 Å². The van der Waals surface area contributed by atoms with Crippen LogP contribution in [0.4, 0.5) is 0 Å². The van der Waals surface area contributed by atoms with Gasteiger partial charge in [0.15, 0.2) is 6.29 Å². The van der Waals surface area contributed by atoms with Crippen molar-refractivity contribution in [2.45, 2.75) is 175 Å². The van der Waals surface area contributed by atoms with Crippen LogP contribution >= 0.6 is 0 Å². The summed E-state index contributed by atoms with van der Waals surface area (Å²) < 4.78 is 12.3. The number of allylic oxidation sites excluding steroid dienone is 2. The van der Waals surface area contributed by atoms with Gasteiger partial charge in [0.05, 0.1) is 18.1 Å². The molecular formula is C42H69NO9. The molecule has 0 unspecified atom stereocenters. The van der Waals surface area contributed by atoms with Gasteiger partial charge < -0.3 is 40.3 Å². The first-order valence-electron chi connectivity index (χ1n) is 20.4. The highest BCUT2D eigenvalue weighted by atomic mass is 16.7. The summed E-state index contributed by atoms with van der Waals surface area (Å²) in [6.07, 6.45) is 8.14. The lowest BCUT2D eigenvalue weighted by Crippen LogP contribution is -2.66. The molecule has 0 radical (unpaired) electrons. The molecule has 4 saturated carbocycles. The van der Waals surface area contributed by atoms with E-state index in [2.05, 4.69) is 59.9 Å². The third-order valence-electron chi connectivity index (χ3n) is 16.5. The van der Waals surface area contributed by atoms with E-state index in [0.29, 0.717) is 24.8 Å². The minimum Gasteiger partial charge on any atom is -0.481 e. The Morgan fingerprint density at radius 3 is 2.27 bits per heavy atom. The Hall–Kier alpha value is -1.56. The number of rotatable bonds is 10. The predicted octanol–water partition coefficient (Wildman–Crippen LogP) is 5.73. The highest BCUT2D eigenvalue weighted by Gasteiger charge is 2.69. The Kier molecular flexibility index (Phi) is 10.9. The number of fused-ring (bicyclic) bond motifs is 7.